The molecule has 1 N–H and O–H groups in total. The van der Waals surface area contributed by atoms with Crippen molar-refractivity contribution < 1.29 is 22.6 Å². The minimum Gasteiger partial charge on any atom is -0.371 e. The monoisotopic (exact) mass is 351 g/mol. The highest BCUT2D eigenvalue weighted by atomic mass is 19.2. The lowest BCUT2D eigenvalue weighted by Crippen LogP contribution is -2.39. The predicted octanol–water partition coefficient (Wildman–Crippen LogP) is 2.96. The SMILES string of the molecule is C=CCOCC#CNC1C2C(F)[C@@H]2C[C@H]1OCc1ccc(F)c(F)c1. The number of fused-ring (bicyclic) bond motifs is 1. The minimum absolute atomic E-state index is 0.00808. The normalized spacial score (nSPS) is 29.5. The molecule has 0 aromatic heterocycles. The molecule has 3 nitrogen and oxygen atoms in total. The standard InChI is InChI=1S/C19H20F3NO2/c1-2-7-24-8-3-6-23-19-16(10-13-17(19)18(13)22)25-11-12-4-5-14(20)15(21)9-12/h2,4-5,9,13,16-19,23H,1,7-8,10-11H2/t13-,16-,17?,18?,19?/m1/s1. The van der Waals surface area contributed by atoms with Gasteiger partial charge < -0.3 is 14.8 Å². The van der Waals surface area contributed by atoms with E-state index in [-0.39, 0.29) is 37.2 Å². The van der Waals surface area contributed by atoms with E-state index in [0.29, 0.717) is 18.6 Å². The Kier molecular flexibility index (Phi) is 5.67. The molecule has 134 valence electrons. The van der Waals surface area contributed by atoms with E-state index in [9.17, 15) is 13.2 Å². The first-order chi connectivity index (χ1) is 12.1. The van der Waals surface area contributed by atoms with E-state index in [1.54, 1.807) is 6.08 Å². The van der Waals surface area contributed by atoms with Crippen LogP contribution in [0.2, 0.25) is 0 Å². The van der Waals surface area contributed by atoms with Crippen molar-refractivity contribution in [1.82, 2.24) is 5.32 Å². The first-order valence-electron chi connectivity index (χ1n) is 8.23. The second-order valence-electron chi connectivity index (χ2n) is 6.29. The van der Waals surface area contributed by atoms with Crippen molar-refractivity contribution in [1.29, 1.82) is 0 Å². The molecular weight excluding hydrogens is 331 g/mol. The summed E-state index contributed by atoms with van der Waals surface area (Å²) in [6, 6.07) is 6.24. The Hall–Kier alpha value is -1.97. The van der Waals surface area contributed by atoms with Crippen LogP contribution in [0.25, 0.3) is 0 Å². The lowest BCUT2D eigenvalue weighted by atomic mass is 10.1. The number of benzene rings is 1. The van der Waals surface area contributed by atoms with Crippen LogP contribution in [0, 0.1) is 35.4 Å². The summed E-state index contributed by atoms with van der Waals surface area (Å²) in [7, 11) is 0. The number of rotatable bonds is 7. The van der Waals surface area contributed by atoms with Crippen LogP contribution in [0.4, 0.5) is 13.2 Å². The van der Waals surface area contributed by atoms with Crippen LogP contribution in [0.3, 0.4) is 0 Å². The van der Waals surface area contributed by atoms with Gasteiger partial charge in [0, 0.05) is 17.9 Å². The zero-order valence-corrected chi connectivity index (χ0v) is 13.7. The predicted molar refractivity (Wildman–Crippen MR) is 87.1 cm³/mol. The first kappa shape index (κ1) is 17.8. The third-order valence-electron chi connectivity index (χ3n) is 4.64. The van der Waals surface area contributed by atoms with Crippen LogP contribution in [-0.4, -0.2) is 31.5 Å². The number of nitrogens with one attached hydrogen (secondary N) is 1. The Balaban J connectivity index is 1.53. The van der Waals surface area contributed by atoms with Crippen molar-refractivity contribution in [3.8, 4) is 12.0 Å². The van der Waals surface area contributed by atoms with Gasteiger partial charge in [-0.05, 0) is 24.1 Å². The molecule has 0 heterocycles. The van der Waals surface area contributed by atoms with E-state index in [1.807, 2.05) is 0 Å². The van der Waals surface area contributed by atoms with Crippen molar-refractivity contribution in [2.45, 2.75) is 31.3 Å². The van der Waals surface area contributed by atoms with Gasteiger partial charge in [0.1, 0.15) is 12.8 Å². The van der Waals surface area contributed by atoms with Gasteiger partial charge in [0.05, 0.1) is 25.4 Å². The van der Waals surface area contributed by atoms with E-state index in [0.717, 1.165) is 12.1 Å². The van der Waals surface area contributed by atoms with Gasteiger partial charge in [-0.1, -0.05) is 18.1 Å². The van der Waals surface area contributed by atoms with Crippen LogP contribution in [0.1, 0.15) is 12.0 Å². The molecule has 0 saturated heterocycles. The van der Waals surface area contributed by atoms with Crippen molar-refractivity contribution in [3.63, 3.8) is 0 Å². The van der Waals surface area contributed by atoms with Gasteiger partial charge in [-0.15, -0.1) is 6.58 Å². The fraction of sp³-hybridized carbons (Fsp3) is 0.474. The molecule has 25 heavy (non-hydrogen) atoms. The molecular formula is C19H20F3NO2. The molecule has 0 bridgehead atoms. The number of ether oxygens (including phenoxy) is 2. The molecule has 3 rings (SSSR count). The quantitative estimate of drug-likeness (QED) is 0.355. The number of halogens is 3. The Morgan fingerprint density at radius 2 is 2.16 bits per heavy atom. The Bertz CT molecular complexity index is 685. The molecule has 2 fully saturated rings. The molecule has 3 unspecified atom stereocenters. The third kappa shape index (κ3) is 4.17. The van der Waals surface area contributed by atoms with Crippen LogP contribution < -0.4 is 5.32 Å². The molecule has 1 aromatic rings. The van der Waals surface area contributed by atoms with Gasteiger partial charge in [-0.3, -0.25) is 0 Å². The third-order valence-corrected chi connectivity index (χ3v) is 4.64. The first-order valence-corrected chi connectivity index (χ1v) is 8.23. The smallest absolute Gasteiger partial charge is 0.159 e. The van der Waals surface area contributed by atoms with Gasteiger partial charge in [-0.25, -0.2) is 13.2 Å². The Morgan fingerprint density at radius 3 is 2.92 bits per heavy atom. The van der Waals surface area contributed by atoms with Crippen LogP contribution in [-0.2, 0) is 16.1 Å². The molecule has 5 atom stereocenters. The molecule has 0 radical (unpaired) electrons. The highest BCUT2D eigenvalue weighted by Crippen LogP contribution is 2.55. The molecule has 2 aliphatic rings. The van der Waals surface area contributed by atoms with Crippen LogP contribution in [0.5, 0.6) is 0 Å². The van der Waals surface area contributed by atoms with Crippen LogP contribution >= 0.6 is 0 Å². The lowest BCUT2D eigenvalue weighted by molar-refractivity contribution is 0.0163. The Labute approximate surface area is 145 Å². The summed E-state index contributed by atoms with van der Waals surface area (Å²) in [5.41, 5.74) is 0.541. The fourth-order valence-electron chi connectivity index (χ4n) is 3.33. The van der Waals surface area contributed by atoms with E-state index in [1.165, 1.54) is 6.07 Å². The maximum absolute atomic E-state index is 13.7. The summed E-state index contributed by atoms with van der Waals surface area (Å²) in [6.45, 7) is 4.37. The van der Waals surface area contributed by atoms with Gasteiger partial charge in [0.25, 0.3) is 0 Å². The van der Waals surface area contributed by atoms with Crippen LogP contribution in [0.15, 0.2) is 30.9 Å². The van der Waals surface area contributed by atoms with Gasteiger partial charge in [0.15, 0.2) is 11.6 Å². The summed E-state index contributed by atoms with van der Waals surface area (Å²) in [6.07, 6.45) is 1.20. The topological polar surface area (TPSA) is 30.5 Å². The maximum atomic E-state index is 13.7. The van der Waals surface area contributed by atoms with Crippen molar-refractivity contribution in [2.24, 2.45) is 11.8 Å². The van der Waals surface area contributed by atoms with E-state index >= 15 is 0 Å². The van der Waals surface area contributed by atoms with Gasteiger partial charge in [-0.2, -0.15) is 0 Å². The second-order valence-corrected chi connectivity index (χ2v) is 6.29. The van der Waals surface area contributed by atoms with Crippen molar-refractivity contribution in [2.75, 3.05) is 13.2 Å². The molecule has 0 spiro atoms. The number of hydrogen-bond donors (Lipinski definition) is 1. The summed E-state index contributed by atoms with van der Waals surface area (Å²) in [5, 5.41) is 3.02. The lowest BCUT2D eigenvalue weighted by Gasteiger charge is -2.23. The van der Waals surface area contributed by atoms with Gasteiger partial charge >= 0.3 is 0 Å². The average Bonchev–Trinajstić information content (AvgIpc) is 3.07. The zero-order valence-electron chi connectivity index (χ0n) is 13.7. The molecule has 1 aromatic carbocycles. The minimum atomic E-state index is -0.903. The van der Waals surface area contributed by atoms with Crippen molar-refractivity contribution in [3.05, 3.63) is 48.1 Å². The summed E-state index contributed by atoms with van der Waals surface area (Å²) < 4.78 is 50.9. The number of alkyl halides is 1. The van der Waals surface area contributed by atoms with E-state index < -0.39 is 17.8 Å². The molecule has 2 saturated carbocycles. The fourth-order valence-corrected chi connectivity index (χ4v) is 3.33. The Morgan fingerprint density at radius 1 is 1.32 bits per heavy atom. The average molecular weight is 351 g/mol. The highest BCUT2D eigenvalue weighted by molar-refractivity contribution is 5.19. The van der Waals surface area contributed by atoms with Crippen molar-refractivity contribution >= 4 is 0 Å². The molecule has 0 aliphatic heterocycles. The summed E-state index contributed by atoms with van der Waals surface area (Å²) in [4.78, 5) is 0. The van der Waals surface area contributed by atoms with E-state index in [2.05, 4.69) is 23.9 Å². The molecule has 2 aliphatic carbocycles. The molecule has 0 amide bonds. The summed E-state index contributed by atoms with van der Waals surface area (Å²) >= 11 is 0. The highest BCUT2D eigenvalue weighted by Gasteiger charge is 2.63. The number of hydrogen-bond acceptors (Lipinski definition) is 3. The maximum Gasteiger partial charge on any atom is 0.159 e. The van der Waals surface area contributed by atoms with Gasteiger partial charge in [0.2, 0.25) is 0 Å². The summed E-state index contributed by atoms with van der Waals surface area (Å²) in [5.74, 6) is 0.909. The largest absolute Gasteiger partial charge is 0.371 e. The zero-order chi connectivity index (χ0) is 17.8. The van der Waals surface area contributed by atoms with E-state index in [4.69, 9.17) is 9.47 Å². The second kappa shape index (κ2) is 7.94. The molecule has 6 heteroatoms.